The lowest BCUT2D eigenvalue weighted by atomic mass is 9.98. The Morgan fingerprint density at radius 3 is 2.55 bits per heavy atom. The van der Waals surface area contributed by atoms with Crippen LogP contribution in [0.25, 0.3) is 0 Å². The molecule has 1 aliphatic heterocycles. The Bertz CT molecular complexity index is 368. The third kappa shape index (κ3) is 4.92. The Morgan fingerprint density at radius 1 is 1.20 bits per heavy atom. The quantitative estimate of drug-likeness (QED) is 0.780. The van der Waals surface area contributed by atoms with Gasteiger partial charge in [-0.15, -0.1) is 0 Å². The highest BCUT2D eigenvalue weighted by Gasteiger charge is 2.20. The number of rotatable bonds is 8. The molecule has 20 heavy (non-hydrogen) atoms. The van der Waals surface area contributed by atoms with Crippen LogP contribution in [0.3, 0.4) is 0 Å². The summed E-state index contributed by atoms with van der Waals surface area (Å²) in [4.78, 5) is 0. The summed E-state index contributed by atoms with van der Waals surface area (Å²) in [5, 5.41) is 3.69. The van der Waals surface area contributed by atoms with E-state index < -0.39 is 0 Å². The second-order valence-electron chi connectivity index (χ2n) is 5.90. The van der Waals surface area contributed by atoms with Crippen LogP contribution in [0.5, 0.6) is 0 Å². The zero-order valence-electron chi connectivity index (χ0n) is 13.0. The Balaban J connectivity index is 1.90. The lowest BCUT2D eigenvalue weighted by Gasteiger charge is -2.22. The minimum Gasteiger partial charge on any atom is -0.378 e. The van der Waals surface area contributed by atoms with Gasteiger partial charge in [0.1, 0.15) is 0 Å². The standard InChI is InChI=1S/C18H29NO/c1-3-11-19-17(14-18-6-5-12-20-18)13-16-9-7-15(4-2)8-10-16/h7-10,17-19H,3-6,11-14H2,1-2H3. The lowest BCUT2D eigenvalue weighted by Crippen LogP contribution is -2.35. The Hall–Kier alpha value is -0.860. The molecule has 0 saturated carbocycles. The smallest absolute Gasteiger partial charge is 0.0590 e. The second-order valence-corrected chi connectivity index (χ2v) is 5.90. The molecular weight excluding hydrogens is 246 g/mol. The second kappa shape index (κ2) is 8.43. The summed E-state index contributed by atoms with van der Waals surface area (Å²) in [7, 11) is 0. The fourth-order valence-corrected chi connectivity index (χ4v) is 2.93. The molecule has 2 rings (SSSR count). The zero-order chi connectivity index (χ0) is 14.2. The maximum Gasteiger partial charge on any atom is 0.0590 e. The van der Waals surface area contributed by atoms with Gasteiger partial charge in [0.2, 0.25) is 0 Å². The molecule has 1 aromatic rings. The molecular formula is C18H29NO. The third-order valence-electron chi connectivity index (χ3n) is 4.17. The predicted octanol–water partition coefficient (Wildman–Crippen LogP) is 3.73. The minimum absolute atomic E-state index is 0.472. The van der Waals surface area contributed by atoms with E-state index in [0.29, 0.717) is 12.1 Å². The van der Waals surface area contributed by atoms with E-state index >= 15 is 0 Å². The maximum atomic E-state index is 5.80. The highest BCUT2D eigenvalue weighted by atomic mass is 16.5. The topological polar surface area (TPSA) is 21.3 Å². The Kier molecular flexibility index (Phi) is 6.55. The number of hydrogen-bond donors (Lipinski definition) is 1. The van der Waals surface area contributed by atoms with Crippen molar-refractivity contribution in [3.05, 3.63) is 35.4 Å². The van der Waals surface area contributed by atoms with Crippen molar-refractivity contribution in [3.8, 4) is 0 Å². The van der Waals surface area contributed by atoms with Crippen LogP contribution in [0, 0.1) is 0 Å². The molecule has 0 amide bonds. The minimum atomic E-state index is 0.472. The van der Waals surface area contributed by atoms with Gasteiger partial charge in [-0.2, -0.15) is 0 Å². The van der Waals surface area contributed by atoms with Crippen molar-refractivity contribution in [2.24, 2.45) is 0 Å². The lowest BCUT2D eigenvalue weighted by molar-refractivity contribution is 0.0946. The van der Waals surface area contributed by atoms with Gasteiger partial charge in [0.05, 0.1) is 6.10 Å². The first-order valence-corrected chi connectivity index (χ1v) is 8.24. The van der Waals surface area contributed by atoms with E-state index in [0.717, 1.165) is 32.4 Å². The zero-order valence-corrected chi connectivity index (χ0v) is 13.0. The average Bonchev–Trinajstić information content (AvgIpc) is 2.98. The van der Waals surface area contributed by atoms with E-state index in [9.17, 15) is 0 Å². The van der Waals surface area contributed by atoms with E-state index in [-0.39, 0.29) is 0 Å². The molecule has 0 spiro atoms. The molecule has 1 aliphatic rings. The monoisotopic (exact) mass is 275 g/mol. The van der Waals surface area contributed by atoms with Crippen molar-refractivity contribution in [3.63, 3.8) is 0 Å². The summed E-state index contributed by atoms with van der Waals surface area (Å²) in [6.45, 7) is 6.49. The van der Waals surface area contributed by atoms with Crippen LogP contribution < -0.4 is 5.32 Å². The molecule has 0 aromatic heterocycles. The first-order chi connectivity index (χ1) is 9.81. The maximum absolute atomic E-state index is 5.80. The summed E-state index contributed by atoms with van der Waals surface area (Å²) in [5.74, 6) is 0. The molecule has 1 saturated heterocycles. The summed E-state index contributed by atoms with van der Waals surface area (Å²) in [6.07, 6.45) is 7.51. The third-order valence-corrected chi connectivity index (χ3v) is 4.17. The first-order valence-electron chi connectivity index (χ1n) is 8.24. The molecule has 0 bridgehead atoms. The van der Waals surface area contributed by atoms with Crippen LogP contribution in [0.2, 0.25) is 0 Å². The number of aryl methyl sites for hydroxylation is 1. The Labute approximate surface area is 123 Å². The highest BCUT2D eigenvalue weighted by molar-refractivity contribution is 5.23. The van der Waals surface area contributed by atoms with Crippen LogP contribution >= 0.6 is 0 Å². The number of ether oxygens (including phenoxy) is 1. The van der Waals surface area contributed by atoms with Gasteiger partial charge in [-0.3, -0.25) is 0 Å². The molecule has 0 radical (unpaired) electrons. The highest BCUT2D eigenvalue weighted by Crippen LogP contribution is 2.19. The van der Waals surface area contributed by atoms with Gasteiger partial charge in [0.15, 0.2) is 0 Å². The van der Waals surface area contributed by atoms with E-state index in [1.807, 2.05) is 0 Å². The van der Waals surface area contributed by atoms with Crippen molar-refractivity contribution in [1.82, 2.24) is 5.32 Å². The fraction of sp³-hybridized carbons (Fsp3) is 0.667. The summed E-state index contributed by atoms with van der Waals surface area (Å²) < 4.78 is 5.80. The molecule has 1 aromatic carbocycles. The van der Waals surface area contributed by atoms with Crippen molar-refractivity contribution in [2.75, 3.05) is 13.2 Å². The molecule has 1 N–H and O–H groups in total. The molecule has 2 heteroatoms. The molecule has 0 aliphatic carbocycles. The molecule has 2 nitrogen and oxygen atoms in total. The van der Waals surface area contributed by atoms with Crippen LogP contribution in [0.4, 0.5) is 0 Å². The van der Waals surface area contributed by atoms with Crippen LogP contribution in [0.15, 0.2) is 24.3 Å². The van der Waals surface area contributed by atoms with Gasteiger partial charge in [-0.05, 0) is 56.2 Å². The van der Waals surface area contributed by atoms with Gasteiger partial charge in [-0.25, -0.2) is 0 Å². The van der Waals surface area contributed by atoms with Crippen molar-refractivity contribution < 1.29 is 4.74 Å². The van der Waals surface area contributed by atoms with Gasteiger partial charge in [0, 0.05) is 12.6 Å². The molecule has 1 fully saturated rings. The Morgan fingerprint density at radius 2 is 1.95 bits per heavy atom. The SMILES string of the molecule is CCCNC(Cc1ccc(CC)cc1)CC1CCCO1. The van der Waals surface area contributed by atoms with E-state index in [2.05, 4.69) is 43.4 Å². The first kappa shape index (κ1) is 15.5. The van der Waals surface area contributed by atoms with E-state index in [4.69, 9.17) is 4.74 Å². The van der Waals surface area contributed by atoms with Crippen molar-refractivity contribution in [2.45, 2.75) is 64.5 Å². The van der Waals surface area contributed by atoms with Gasteiger partial charge in [0.25, 0.3) is 0 Å². The molecule has 2 unspecified atom stereocenters. The van der Waals surface area contributed by atoms with E-state index in [1.54, 1.807) is 0 Å². The van der Waals surface area contributed by atoms with Crippen LogP contribution in [-0.2, 0) is 17.6 Å². The van der Waals surface area contributed by atoms with Gasteiger partial charge < -0.3 is 10.1 Å². The van der Waals surface area contributed by atoms with Crippen LogP contribution in [0.1, 0.15) is 50.7 Å². The molecule has 2 atom stereocenters. The van der Waals surface area contributed by atoms with Crippen molar-refractivity contribution in [1.29, 1.82) is 0 Å². The number of hydrogen-bond acceptors (Lipinski definition) is 2. The summed E-state index contributed by atoms with van der Waals surface area (Å²) in [5.41, 5.74) is 2.86. The predicted molar refractivity (Wildman–Crippen MR) is 85.2 cm³/mol. The van der Waals surface area contributed by atoms with Crippen LogP contribution in [-0.4, -0.2) is 25.3 Å². The van der Waals surface area contributed by atoms with Gasteiger partial charge >= 0.3 is 0 Å². The van der Waals surface area contributed by atoms with E-state index in [1.165, 1.54) is 30.4 Å². The average molecular weight is 275 g/mol. The number of benzene rings is 1. The molecule has 1 heterocycles. The largest absolute Gasteiger partial charge is 0.378 e. The fourth-order valence-electron chi connectivity index (χ4n) is 2.93. The summed E-state index contributed by atoms with van der Waals surface area (Å²) >= 11 is 0. The van der Waals surface area contributed by atoms with Crippen molar-refractivity contribution >= 4 is 0 Å². The van der Waals surface area contributed by atoms with Gasteiger partial charge in [-0.1, -0.05) is 38.1 Å². The number of nitrogens with one attached hydrogen (secondary N) is 1. The molecule has 112 valence electrons. The normalized spacial score (nSPS) is 20.2. The summed E-state index contributed by atoms with van der Waals surface area (Å²) in [6, 6.07) is 9.64.